The van der Waals surface area contributed by atoms with Crippen molar-refractivity contribution in [3.8, 4) is 5.75 Å². The van der Waals surface area contributed by atoms with Gasteiger partial charge in [-0.1, -0.05) is 6.07 Å². The lowest BCUT2D eigenvalue weighted by Crippen LogP contribution is -2.17. The van der Waals surface area contributed by atoms with E-state index in [0.717, 1.165) is 31.5 Å². The average molecular weight is 431 g/mol. The number of carboxylic acid groups (broad SMARTS) is 1. The van der Waals surface area contributed by atoms with Crippen LogP contribution in [0.5, 0.6) is 5.75 Å². The molecule has 0 spiro atoms. The van der Waals surface area contributed by atoms with Crippen LogP contribution in [0.1, 0.15) is 40.2 Å². The molecule has 1 aliphatic carbocycles. The van der Waals surface area contributed by atoms with Crippen LogP contribution in [0, 0.1) is 17.7 Å². The number of aromatic carboxylic acids is 1. The Balaban J connectivity index is 1.45. The third-order valence-corrected chi connectivity index (χ3v) is 7.46. The van der Waals surface area contributed by atoms with Crippen molar-refractivity contribution < 1.29 is 23.2 Å². The highest BCUT2D eigenvalue weighted by molar-refractivity contribution is 7.86. The second kappa shape index (κ2) is 7.67. The fourth-order valence-corrected chi connectivity index (χ4v) is 5.64. The molecule has 2 heterocycles. The summed E-state index contributed by atoms with van der Waals surface area (Å²) >= 11 is 0. The quantitative estimate of drug-likeness (QED) is 0.655. The summed E-state index contributed by atoms with van der Waals surface area (Å²) in [4.78, 5) is 12.5. The van der Waals surface area contributed by atoms with Gasteiger partial charge in [0.2, 0.25) is 0 Å². The topological polar surface area (TPSA) is 87.7 Å². The number of anilines is 1. The molecule has 0 radical (unpaired) electrons. The molecule has 1 saturated heterocycles. The first-order chi connectivity index (χ1) is 14.5. The predicted molar refractivity (Wildman–Crippen MR) is 111 cm³/mol. The minimum atomic E-state index is -1.74. The van der Waals surface area contributed by atoms with Gasteiger partial charge in [0.15, 0.2) is 11.0 Å². The van der Waals surface area contributed by atoms with Gasteiger partial charge in [0.1, 0.15) is 17.1 Å². The maximum Gasteiger partial charge on any atom is 0.341 e. The molecule has 2 aromatic rings. The van der Waals surface area contributed by atoms with E-state index < -0.39 is 17.0 Å². The largest absolute Gasteiger partial charge is 0.492 e. The van der Waals surface area contributed by atoms with Gasteiger partial charge >= 0.3 is 5.97 Å². The molecule has 3 aliphatic rings. The number of benzene rings is 2. The molecular weight excluding hydrogens is 407 g/mol. The Kier molecular flexibility index (Phi) is 4.99. The lowest BCUT2D eigenvalue weighted by molar-refractivity contribution is 0.0692. The normalized spacial score (nSPS) is 25.0. The van der Waals surface area contributed by atoms with Crippen molar-refractivity contribution in [3.63, 3.8) is 0 Å². The van der Waals surface area contributed by atoms with E-state index >= 15 is 0 Å². The molecule has 0 bridgehead atoms. The lowest BCUT2D eigenvalue weighted by Gasteiger charge is -2.21. The summed E-state index contributed by atoms with van der Waals surface area (Å²) < 4.78 is 35.6. The number of hydrogen-bond acceptors (Lipinski definition) is 4. The van der Waals surface area contributed by atoms with Gasteiger partial charge < -0.3 is 19.9 Å². The van der Waals surface area contributed by atoms with E-state index in [1.54, 1.807) is 6.07 Å². The van der Waals surface area contributed by atoms with Crippen LogP contribution in [0.3, 0.4) is 0 Å². The second-order valence-corrected chi connectivity index (χ2v) is 9.49. The molecule has 8 heteroatoms. The van der Waals surface area contributed by atoms with E-state index in [4.69, 9.17) is 4.74 Å². The van der Waals surface area contributed by atoms with Gasteiger partial charge in [0.05, 0.1) is 17.2 Å². The maximum absolute atomic E-state index is 13.9. The smallest absolute Gasteiger partial charge is 0.341 e. The summed E-state index contributed by atoms with van der Waals surface area (Å²) in [6.07, 6.45) is 2.62. The molecule has 158 valence electrons. The summed E-state index contributed by atoms with van der Waals surface area (Å²) in [7, 11) is -1.74. The Bertz CT molecular complexity index is 1040. The zero-order chi connectivity index (χ0) is 20.8. The first-order valence-corrected chi connectivity index (χ1v) is 11.4. The van der Waals surface area contributed by atoms with Crippen LogP contribution in [-0.4, -0.2) is 35.0 Å². The molecule has 4 unspecified atom stereocenters. The van der Waals surface area contributed by atoms with Crippen LogP contribution in [-0.2, 0) is 17.4 Å². The molecule has 1 saturated carbocycles. The van der Waals surface area contributed by atoms with Crippen molar-refractivity contribution in [3.05, 3.63) is 52.8 Å². The van der Waals surface area contributed by atoms with E-state index in [2.05, 4.69) is 10.0 Å². The molecule has 0 amide bonds. The summed E-state index contributed by atoms with van der Waals surface area (Å²) in [5.41, 5.74) is 1.85. The van der Waals surface area contributed by atoms with Crippen LogP contribution in [0.25, 0.3) is 0 Å². The Hall–Kier alpha value is -2.45. The summed E-state index contributed by atoms with van der Waals surface area (Å²) in [5, 5.41) is 13.1. The number of rotatable bonds is 6. The fourth-order valence-electron chi connectivity index (χ4n) is 4.59. The van der Waals surface area contributed by atoms with E-state index in [9.17, 15) is 18.5 Å². The number of carboxylic acids is 1. The number of carbonyl (C=O) groups is 1. The lowest BCUT2D eigenvalue weighted by atomic mass is 9.98. The highest BCUT2D eigenvalue weighted by Gasteiger charge is 2.45. The van der Waals surface area contributed by atoms with Crippen LogP contribution in [0.15, 0.2) is 35.2 Å². The zero-order valence-corrected chi connectivity index (χ0v) is 17.1. The summed E-state index contributed by atoms with van der Waals surface area (Å²) in [6.45, 7) is 2.29. The maximum atomic E-state index is 13.9. The molecule has 6 nitrogen and oxygen atoms in total. The SMILES string of the molecule is O=C(O)c1c(NS(=O)c2ccc(F)cc2CC2CCNC2)ccc2c1OCC1CC21. The second-order valence-electron chi connectivity index (χ2n) is 8.31. The Morgan fingerprint density at radius 1 is 1.33 bits per heavy atom. The molecule has 30 heavy (non-hydrogen) atoms. The number of fused-ring (bicyclic) bond motifs is 3. The van der Waals surface area contributed by atoms with Gasteiger partial charge in [-0.2, -0.15) is 0 Å². The number of ether oxygens (including phenoxy) is 1. The van der Waals surface area contributed by atoms with Crippen molar-refractivity contribution >= 4 is 22.6 Å². The standard InChI is InChI=1S/C22H23FN2O4S/c23-15-1-4-19(13(8-15)7-12-5-6-24-10-12)30(28)25-18-3-2-16-17-9-14(17)11-29-21(16)20(18)22(26)27/h1-4,8,12,14,17,24-25H,5-7,9-11H2,(H,26,27). The van der Waals surface area contributed by atoms with Crippen LogP contribution >= 0.6 is 0 Å². The molecule has 0 aromatic heterocycles. The molecule has 5 rings (SSSR count). The van der Waals surface area contributed by atoms with Crippen molar-refractivity contribution in [1.82, 2.24) is 5.32 Å². The average Bonchev–Trinajstić information content (AvgIpc) is 3.34. The number of halogens is 1. The molecule has 2 fully saturated rings. The molecule has 3 N–H and O–H groups in total. The minimum Gasteiger partial charge on any atom is -0.492 e. The van der Waals surface area contributed by atoms with Crippen LogP contribution in [0.4, 0.5) is 10.1 Å². The van der Waals surface area contributed by atoms with Gasteiger partial charge in [-0.05, 0) is 79.6 Å². The summed E-state index contributed by atoms with van der Waals surface area (Å²) in [5.74, 6) is 0.0698. The van der Waals surface area contributed by atoms with Gasteiger partial charge in [0, 0.05) is 5.92 Å². The van der Waals surface area contributed by atoms with Crippen molar-refractivity contribution in [1.29, 1.82) is 0 Å². The number of nitrogens with one attached hydrogen (secondary N) is 2. The zero-order valence-electron chi connectivity index (χ0n) is 16.3. The van der Waals surface area contributed by atoms with Gasteiger partial charge in [-0.25, -0.2) is 13.4 Å². The summed E-state index contributed by atoms with van der Waals surface area (Å²) in [6, 6.07) is 7.75. The van der Waals surface area contributed by atoms with Gasteiger partial charge in [-0.3, -0.25) is 0 Å². The Morgan fingerprint density at radius 2 is 2.20 bits per heavy atom. The van der Waals surface area contributed by atoms with E-state index in [1.807, 2.05) is 6.07 Å². The fraction of sp³-hybridized carbons (Fsp3) is 0.409. The van der Waals surface area contributed by atoms with E-state index in [1.165, 1.54) is 18.2 Å². The first kappa shape index (κ1) is 19.5. The highest BCUT2D eigenvalue weighted by atomic mass is 32.2. The van der Waals surface area contributed by atoms with Crippen molar-refractivity contribution in [2.45, 2.75) is 30.1 Å². The third-order valence-electron chi connectivity index (χ3n) is 6.26. The van der Waals surface area contributed by atoms with E-state index in [-0.39, 0.29) is 17.1 Å². The first-order valence-electron chi connectivity index (χ1n) is 10.2. The van der Waals surface area contributed by atoms with Gasteiger partial charge in [0.25, 0.3) is 0 Å². The number of hydrogen-bond donors (Lipinski definition) is 3. The Labute approximate surface area is 176 Å². The molecular formula is C22H23FN2O4S. The minimum absolute atomic E-state index is 0.00912. The van der Waals surface area contributed by atoms with Crippen LogP contribution in [0.2, 0.25) is 0 Å². The highest BCUT2D eigenvalue weighted by Crippen LogP contribution is 2.55. The molecule has 2 aliphatic heterocycles. The van der Waals surface area contributed by atoms with Gasteiger partial charge in [-0.15, -0.1) is 0 Å². The molecule has 2 aromatic carbocycles. The molecule has 4 atom stereocenters. The monoisotopic (exact) mass is 430 g/mol. The van der Waals surface area contributed by atoms with E-state index in [0.29, 0.717) is 47.0 Å². The van der Waals surface area contributed by atoms with Crippen molar-refractivity contribution in [2.24, 2.45) is 11.8 Å². The van der Waals surface area contributed by atoms with Crippen molar-refractivity contribution in [2.75, 3.05) is 24.4 Å². The third kappa shape index (κ3) is 3.58. The predicted octanol–water partition coefficient (Wildman–Crippen LogP) is 3.31. The Morgan fingerprint density at radius 3 is 2.97 bits per heavy atom. The van der Waals surface area contributed by atoms with Crippen LogP contribution < -0.4 is 14.8 Å².